The average molecular weight is 304 g/mol. The molecule has 96 valence electrons. The lowest BCUT2D eigenvalue weighted by molar-refractivity contribution is 0.134. The van der Waals surface area contributed by atoms with Crippen molar-refractivity contribution in [3.05, 3.63) is 10.8 Å². The van der Waals surface area contributed by atoms with Crippen LogP contribution in [0.25, 0.3) is 0 Å². The number of hydrazine groups is 1. The highest BCUT2D eigenvalue weighted by Crippen LogP contribution is 2.25. The Morgan fingerprint density at radius 1 is 1.35 bits per heavy atom. The maximum Gasteiger partial charge on any atom is 0.159 e. The molecule has 0 bridgehead atoms. The van der Waals surface area contributed by atoms with Gasteiger partial charge in [0.15, 0.2) is 5.82 Å². The highest BCUT2D eigenvalue weighted by Gasteiger charge is 2.06. The molecular formula is C10H18BrN5O. The van der Waals surface area contributed by atoms with Crippen molar-refractivity contribution < 1.29 is 4.74 Å². The summed E-state index contributed by atoms with van der Waals surface area (Å²) in [7, 11) is 0. The van der Waals surface area contributed by atoms with Crippen molar-refractivity contribution in [1.29, 1.82) is 0 Å². The van der Waals surface area contributed by atoms with Gasteiger partial charge in [-0.2, -0.15) is 0 Å². The van der Waals surface area contributed by atoms with E-state index >= 15 is 0 Å². The zero-order valence-corrected chi connectivity index (χ0v) is 11.5. The molecule has 0 aliphatic rings. The standard InChI is InChI=1S/C10H18BrN5O/c1-2-5-17-6-3-4-13-9-8(11)10(16-12)15-7-14-9/h7H,2-6,12H2,1H3,(H2,13,14,15,16). The minimum absolute atomic E-state index is 0.560. The van der Waals surface area contributed by atoms with Gasteiger partial charge in [0, 0.05) is 19.8 Å². The SMILES string of the molecule is CCCOCCCNc1ncnc(NN)c1Br. The molecule has 0 fully saturated rings. The fourth-order valence-electron chi connectivity index (χ4n) is 1.22. The van der Waals surface area contributed by atoms with E-state index in [9.17, 15) is 0 Å². The number of nitrogen functional groups attached to an aromatic ring is 1. The van der Waals surface area contributed by atoms with Crippen LogP contribution in [0.15, 0.2) is 10.8 Å². The van der Waals surface area contributed by atoms with Gasteiger partial charge in [-0.3, -0.25) is 0 Å². The number of anilines is 2. The lowest BCUT2D eigenvalue weighted by atomic mass is 10.4. The average Bonchev–Trinajstić information content (AvgIpc) is 2.35. The molecule has 0 saturated heterocycles. The molecule has 1 aromatic heterocycles. The van der Waals surface area contributed by atoms with Crippen LogP contribution in [-0.4, -0.2) is 29.7 Å². The molecule has 1 aromatic rings. The molecule has 0 unspecified atom stereocenters. The van der Waals surface area contributed by atoms with Crippen molar-refractivity contribution >= 4 is 27.6 Å². The third-order valence-electron chi connectivity index (χ3n) is 2.03. The van der Waals surface area contributed by atoms with Crippen LogP contribution in [0.2, 0.25) is 0 Å². The van der Waals surface area contributed by atoms with E-state index in [-0.39, 0.29) is 0 Å². The summed E-state index contributed by atoms with van der Waals surface area (Å²) >= 11 is 3.37. The molecule has 0 radical (unpaired) electrons. The largest absolute Gasteiger partial charge is 0.381 e. The molecule has 0 aliphatic carbocycles. The summed E-state index contributed by atoms with van der Waals surface area (Å²) in [5.41, 5.74) is 2.49. The van der Waals surface area contributed by atoms with Crippen molar-refractivity contribution in [2.24, 2.45) is 5.84 Å². The van der Waals surface area contributed by atoms with Crippen molar-refractivity contribution in [3.63, 3.8) is 0 Å². The topological polar surface area (TPSA) is 85.1 Å². The second kappa shape index (κ2) is 8.21. The van der Waals surface area contributed by atoms with Gasteiger partial charge in [-0.05, 0) is 28.8 Å². The number of halogens is 1. The molecule has 1 rings (SSSR count). The van der Waals surface area contributed by atoms with E-state index in [1.807, 2.05) is 0 Å². The monoisotopic (exact) mass is 303 g/mol. The van der Waals surface area contributed by atoms with Crippen molar-refractivity contribution in [3.8, 4) is 0 Å². The van der Waals surface area contributed by atoms with Crippen LogP contribution in [0.5, 0.6) is 0 Å². The first-order chi connectivity index (χ1) is 8.29. The molecule has 0 aliphatic heterocycles. The van der Waals surface area contributed by atoms with Crippen molar-refractivity contribution in [2.75, 3.05) is 30.5 Å². The Labute approximate surface area is 109 Å². The van der Waals surface area contributed by atoms with Crippen molar-refractivity contribution in [1.82, 2.24) is 9.97 Å². The van der Waals surface area contributed by atoms with Crippen LogP contribution in [0.1, 0.15) is 19.8 Å². The Morgan fingerprint density at radius 3 is 2.82 bits per heavy atom. The summed E-state index contributed by atoms with van der Waals surface area (Å²) in [5, 5.41) is 3.19. The number of hydrogen-bond acceptors (Lipinski definition) is 6. The van der Waals surface area contributed by atoms with E-state index in [1.165, 1.54) is 6.33 Å². The summed E-state index contributed by atoms with van der Waals surface area (Å²) in [6.07, 6.45) is 3.44. The third kappa shape index (κ3) is 4.84. The maximum absolute atomic E-state index is 5.38. The van der Waals surface area contributed by atoms with Crippen LogP contribution in [0.4, 0.5) is 11.6 Å². The number of nitrogens with two attached hydrogens (primary N) is 1. The highest BCUT2D eigenvalue weighted by atomic mass is 79.9. The summed E-state index contributed by atoms with van der Waals surface area (Å²) < 4.78 is 6.11. The third-order valence-corrected chi connectivity index (χ3v) is 2.78. The predicted molar refractivity (Wildman–Crippen MR) is 71.8 cm³/mol. The normalized spacial score (nSPS) is 10.3. The second-order valence-electron chi connectivity index (χ2n) is 3.42. The fourth-order valence-corrected chi connectivity index (χ4v) is 1.68. The number of nitrogens with one attached hydrogen (secondary N) is 2. The van der Waals surface area contributed by atoms with Gasteiger partial charge < -0.3 is 15.5 Å². The number of rotatable bonds is 8. The van der Waals surface area contributed by atoms with E-state index < -0.39 is 0 Å². The molecule has 4 N–H and O–H groups in total. The fraction of sp³-hybridized carbons (Fsp3) is 0.600. The summed E-state index contributed by atoms with van der Waals surface area (Å²) in [6.45, 7) is 4.46. The van der Waals surface area contributed by atoms with Gasteiger partial charge in [0.1, 0.15) is 16.6 Å². The van der Waals surface area contributed by atoms with E-state index in [4.69, 9.17) is 10.6 Å². The first-order valence-corrected chi connectivity index (χ1v) is 6.37. The Bertz CT molecular complexity index is 336. The minimum Gasteiger partial charge on any atom is -0.381 e. The van der Waals surface area contributed by atoms with Gasteiger partial charge >= 0.3 is 0 Å². The summed E-state index contributed by atoms with van der Waals surface area (Å²) in [5.74, 6) is 6.60. The molecule has 6 nitrogen and oxygen atoms in total. The zero-order valence-electron chi connectivity index (χ0n) is 9.87. The van der Waals surface area contributed by atoms with Gasteiger partial charge in [-0.25, -0.2) is 15.8 Å². The second-order valence-corrected chi connectivity index (χ2v) is 4.21. The van der Waals surface area contributed by atoms with Crippen LogP contribution in [0, 0.1) is 0 Å². The lowest BCUT2D eigenvalue weighted by Gasteiger charge is -2.09. The van der Waals surface area contributed by atoms with E-state index in [2.05, 4.69) is 43.6 Å². The number of ether oxygens (including phenoxy) is 1. The molecule has 0 amide bonds. The molecule has 17 heavy (non-hydrogen) atoms. The number of nitrogens with zero attached hydrogens (tertiary/aromatic N) is 2. The molecule has 1 heterocycles. The first-order valence-electron chi connectivity index (χ1n) is 5.58. The first kappa shape index (κ1) is 14.1. The number of aromatic nitrogens is 2. The smallest absolute Gasteiger partial charge is 0.159 e. The van der Waals surface area contributed by atoms with Crippen LogP contribution in [-0.2, 0) is 4.74 Å². The molecule has 0 saturated carbocycles. The van der Waals surface area contributed by atoms with Gasteiger partial charge in [-0.1, -0.05) is 6.92 Å². The lowest BCUT2D eigenvalue weighted by Crippen LogP contribution is -2.12. The molecular weight excluding hydrogens is 286 g/mol. The Balaban J connectivity index is 2.31. The molecule has 0 spiro atoms. The molecule has 0 atom stereocenters. The predicted octanol–water partition coefficient (Wildman–Crippen LogP) is 1.75. The van der Waals surface area contributed by atoms with Gasteiger partial charge in [-0.15, -0.1) is 0 Å². The van der Waals surface area contributed by atoms with Gasteiger partial charge in [0.25, 0.3) is 0 Å². The van der Waals surface area contributed by atoms with Crippen LogP contribution < -0.4 is 16.6 Å². The summed E-state index contributed by atoms with van der Waals surface area (Å²) in [6, 6.07) is 0. The minimum atomic E-state index is 0.560. The van der Waals surface area contributed by atoms with Gasteiger partial charge in [0.2, 0.25) is 0 Å². The molecule has 0 aromatic carbocycles. The number of hydrogen-bond donors (Lipinski definition) is 3. The molecule has 7 heteroatoms. The van der Waals surface area contributed by atoms with Crippen LogP contribution >= 0.6 is 15.9 Å². The zero-order chi connectivity index (χ0) is 12.5. The van der Waals surface area contributed by atoms with Crippen LogP contribution in [0.3, 0.4) is 0 Å². The Morgan fingerprint density at radius 2 is 2.12 bits per heavy atom. The quantitative estimate of drug-likeness (QED) is 0.385. The van der Waals surface area contributed by atoms with E-state index in [0.717, 1.165) is 42.9 Å². The Kier molecular flexibility index (Phi) is 6.83. The Hall–Kier alpha value is -0.920. The maximum atomic E-state index is 5.38. The van der Waals surface area contributed by atoms with E-state index in [1.54, 1.807) is 0 Å². The highest BCUT2D eigenvalue weighted by molar-refractivity contribution is 9.10. The van der Waals surface area contributed by atoms with E-state index in [0.29, 0.717) is 5.82 Å². The summed E-state index contributed by atoms with van der Waals surface area (Å²) in [4.78, 5) is 8.08. The van der Waals surface area contributed by atoms with Gasteiger partial charge in [0.05, 0.1) is 0 Å². The van der Waals surface area contributed by atoms with Crippen molar-refractivity contribution in [2.45, 2.75) is 19.8 Å².